The molecule has 0 aliphatic carbocycles. The van der Waals surface area contributed by atoms with Crippen LogP contribution in [-0.4, -0.2) is 130 Å². The van der Waals surface area contributed by atoms with Crippen LogP contribution in [-0.2, 0) is 68.7 Å². The second-order valence-corrected chi connectivity index (χ2v) is 21.4. The maximum Gasteiger partial charge on any atom is 0.503 e. The number of carbonyl (C=O) groups excluding carboxylic acids is 3. The first-order valence-corrected chi connectivity index (χ1v) is 24.7. The Morgan fingerprint density at radius 2 is 0.982 bits per heavy atom. The summed E-state index contributed by atoms with van der Waals surface area (Å²) in [6, 6.07) is 2.14. The first-order valence-electron chi connectivity index (χ1n) is 18.4. The Kier molecular flexibility index (Phi) is 38.7. The summed E-state index contributed by atoms with van der Waals surface area (Å²) in [4.78, 5) is 33.5. The fourth-order valence-electron chi connectivity index (χ4n) is 4.36. The van der Waals surface area contributed by atoms with E-state index in [9.17, 15) is 14.4 Å². The summed E-state index contributed by atoms with van der Waals surface area (Å²) in [6.45, 7) is 29.3. The molecule has 0 aromatic heterocycles. The van der Waals surface area contributed by atoms with E-state index < -0.39 is 38.4 Å². The van der Waals surface area contributed by atoms with Crippen molar-refractivity contribution in [2.45, 2.75) is 105 Å². The SMILES string of the molecule is C=C(C)C(=O)OCCC[Si](C)(OCC)OCC.C=C(C)C(=O)OCCC[Si](OC)(OC)OC.C=COC(CCCOC(=O)C(=C)C)O[Si](CCC)(OC)OC.[SiH4]. The van der Waals surface area contributed by atoms with Crippen molar-refractivity contribution in [2.24, 2.45) is 0 Å². The molecular formula is C37H76O15Si4. The minimum Gasteiger partial charge on any atom is -0.474 e. The van der Waals surface area contributed by atoms with Gasteiger partial charge in [-0.2, -0.15) is 0 Å². The molecule has 56 heavy (non-hydrogen) atoms. The zero-order valence-electron chi connectivity index (χ0n) is 35.8. The highest BCUT2D eigenvalue weighted by Gasteiger charge is 2.41. The predicted octanol–water partition coefficient (Wildman–Crippen LogP) is 5.59. The standard InChI is InChI=1S/C15H28O6Si.C12H24O4Si.C10H20O5Si.H4Si/c1-7-12-22(17-5,18-6)21-14(19-8-2)10-9-11-20-15(16)13(3)4;1-6-15-17(5,16-7-2)10-8-9-14-12(13)11(3)4;1-9(2)10(11)15-7-6-8-16(12-3,13-4)14-5;/h8,14H,2-3,7,9-12H2,1,4-6H3;3,6-10H2,1-2,4-5H3;1,6-8H2,2-5H3;1H4. The third-order valence-corrected chi connectivity index (χ3v) is 16.2. The normalized spacial score (nSPS) is 11.6. The van der Waals surface area contributed by atoms with Crippen molar-refractivity contribution in [3.63, 3.8) is 0 Å². The van der Waals surface area contributed by atoms with E-state index in [1.54, 1.807) is 56.3 Å². The van der Waals surface area contributed by atoms with Crippen LogP contribution in [0.3, 0.4) is 0 Å². The van der Waals surface area contributed by atoms with Crippen molar-refractivity contribution >= 4 is 55.0 Å². The van der Waals surface area contributed by atoms with Gasteiger partial charge in [0.05, 0.1) is 26.1 Å². The van der Waals surface area contributed by atoms with Crippen LogP contribution in [0.5, 0.6) is 0 Å². The number of hydrogen-bond acceptors (Lipinski definition) is 15. The van der Waals surface area contributed by atoms with Crippen LogP contribution in [0.2, 0.25) is 24.7 Å². The average molecular weight is 873 g/mol. The van der Waals surface area contributed by atoms with Gasteiger partial charge in [0.25, 0.3) is 0 Å². The fraction of sp³-hybridized carbons (Fsp3) is 0.703. The van der Waals surface area contributed by atoms with Gasteiger partial charge in [0.15, 0.2) is 6.29 Å². The molecule has 1 unspecified atom stereocenters. The Morgan fingerprint density at radius 1 is 0.607 bits per heavy atom. The number of ether oxygens (including phenoxy) is 4. The molecule has 0 N–H and O–H groups in total. The summed E-state index contributed by atoms with van der Waals surface area (Å²) in [7, 11) is 0.482. The lowest BCUT2D eigenvalue weighted by molar-refractivity contribution is -0.140. The molecule has 0 radical (unpaired) electrons. The third kappa shape index (κ3) is 29.0. The number of hydrogen-bond donors (Lipinski definition) is 0. The average Bonchev–Trinajstić information content (AvgIpc) is 3.15. The summed E-state index contributed by atoms with van der Waals surface area (Å²) in [5.74, 6) is -1.11. The van der Waals surface area contributed by atoms with Crippen LogP contribution in [0.4, 0.5) is 0 Å². The molecule has 0 aromatic carbocycles. The van der Waals surface area contributed by atoms with Crippen molar-refractivity contribution in [1.29, 1.82) is 0 Å². The number of esters is 3. The fourth-order valence-corrected chi connectivity index (χ4v) is 10.5. The Labute approximate surface area is 345 Å². The Bertz CT molecular complexity index is 1100. The van der Waals surface area contributed by atoms with Gasteiger partial charge in [0.1, 0.15) is 0 Å². The molecule has 0 saturated heterocycles. The van der Waals surface area contributed by atoms with E-state index in [2.05, 4.69) is 26.3 Å². The number of rotatable bonds is 30. The van der Waals surface area contributed by atoms with Gasteiger partial charge < -0.3 is 54.4 Å². The lowest BCUT2D eigenvalue weighted by Gasteiger charge is -2.30. The summed E-state index contributed by atoms with van der Waals surface area (Å²) >= 11 is 0. The topological polar surface area (TPSA) is 162 Å². The van der Waals surface area contributed by atoms with E-state index in [1.165, 1.54) is 6.26 Å². The van der Waals surface area contributed by atoms with Crippen molar-refractivity contribution in [1.82, 2.24) is 0 Å². The Hall–Kier alpha value is -2.28. The van der Waals surface area contributed by atoms with Crippen LogP contribution >= 0.6 is 0 Å². The van der Waals surface area contributed by atoms with Gasteiger partial charge in [0.2, 0.25) is 0 Å². The van der Waals surface area contributed by atoms with E-state index in [4.69, 9.17) is 54.4 Å². The van der Waals surface area contributed by atoms with Crippen molar-refractivity contribution in [3.05, 3.63) is 49.3 Å². The lowest BCUT2D eigenvalue weighted by atomic mass is 10.3. The maximum absolute atomic E-state index is 11.3. The van der Waals surface area contributed by atoms with Crippen LogP contribution in [0.25, 0.3) is 0 Å². The second-order valence-electron chi connectivity index (χ2n) is 12.1. The predicted molar refractivity (Wildman–Crippen MR) is 229 cm³/mol. The highest BCUT2D eigenvalue weighted by Crippen LogP contribution is 2.21. The smallest absolute Gasteiger partial charge is 0.474 e. The van der Waals surface area contributed by atoms with Gasteiger partial charge in [-0.15, -0.1) is 0 Å². The molecule has 330 valence electrons. The molecule has 0 aromatic rings. The minimum atomic E-state index is -2.74. The molecule has 19 heteroatoms. The van der Waals surface area contributed by atoms with Gasteiger partial charge in [-0.1, -0.05) is 39.7 Å². The van der Waals surface area contributed by atoms with Crippen molar-refractivity contribution < 1.29 is 68.7 Å². The molecule has 15 nitrogen and oxygen atoms in total. The summed E-state index contributed by atoms with van der Waals surface area (Å²) in [6.07, 6.45) is 4.18. The van der Waals surface area contributed by atoms with E-state index in [0.29, 0.717) is 74.5 Å². The van der Waals surface area contributed by atoms with Gasteiger partial charge in [-0.25, -0.2) is 14.4 Å². The minimum absolute atomic E-state index is 0. The molecule has 0 aliphatic heterocycles. The quantitative estimate of drug-likeness (QED) is 0.0167. The highest BCUT2D eigenvalue weighted by molar-refractivity contribution is 6.66. The summed E-state index contributed by atoms with van der Waals surface area (Å²) in [5.41, 5.74) is 1.21. The molecule has 0 heterocycles. The zero-order valence-corrected chi connectivity index (χ0v) is 38.8. The molecule has 0 aliphatic rings. The van der Waals surface area contributed by atoms with Crippen LogP contribution in [0, 0.1) is 0 Å². The van der Waals surface area contributed by atoms with Crippen molar-refractivity contribution in [2.75, 3.05) is 68.6 Å². The molecule has 0 saturated carbocycles. The van der Waals surface area contributed by atoms with Gasteiger partial charge in [-0.05, 0) is 77.4 Å². The van der Waals surface area contributed by atoms with Crippen molar-refractivity contribution in [3.8, 4) is 0 Å². The third-order valence-electron chi connectivity index (χ3n) is 7.30. The molecule has 0 bridgehead atoms. The molecule has 0 fully saturated rings. The maximum atomic E-state index is 11.3. The Balaban J connectivity index is -0.000000365. The van der Waals surface area contributed by atoms with Crippen LogP contribution < -0.4 is 0 Å². The zero-order chi connectivity index (χ0) is 42.9. The van der Waals surface area contributed by atoms with E-state index in [-0.39, 0.29) is 29.5 Å². The van der Waals surface area contributed by atoms with E-state index in [1.807, 2.05) is 27.3 Å². The monoisotopic (exact) mass is 872 g/mol. The first-order chi connectivity index (χ1) is 25.9. The largest absolute Gasteiger partial charge is 0.503 e. The summed E-state index contributed by atoms with van der Waals surface area (Å²) in [5, 5.41) is 0. The van der Waals surface area contributed by atoms with Gasteiger partial charge in [-0.3, -0.25) is 0 Å². The van der Waals surface area contributed by atoms with E-state index >= 15 is 0 Å². The second kappa shape index (κ2) is 35.8. The van der Waals surface area contributed by atoms with E-state index in [0.717, 1.165) is 18.9 Å². The Morgan fingerprint density at radius 3 is 1.30 bits per heavy atom. The first kappa shape index (κ1) is 60.4. The van der Waals surface area contributed by atoms with Crippen LogP contribution in [0.1, 0.15) is 73.6 Å². The molecule has 0 rings (SSSR count). The molecule has 0 spiro atoms. The molecule has 1 atom stereocenters. The van der Waals surface area contributed by atoms with Gasteiger partial charge >= 0.3 is 44.1 Å². The molecule has 0 amide bonds. The van der Waals surface area contributed by atoms with Crippen LogP contribution in [0.15, 0.2) is 49.3 Å². The highest BCUT2D eigenvalue weighted by atomic mass is 28.4. The number of carbonyl (C=O) groups is 3. The lowest BCUT2D eigenvalue weighted by Crippen LogP contribution is -2.47. The van der Waals surface area contributed by atoms with Gasteiger partial charge in [0, 0.05) is 84.0 Å². The molecular weight excluding hydrogens is 797 g/mol. The summed E-state index contributed by atoms with van der Waals surface area (Å²) < 4.78 is 64.3.